The van der Waals surface area contributed by atoms with Gasteiger partial charge in [0, 0.05) is 10.9 Å². The van der Waals surface area contributed by atoms with Gasteiger partial charge in [-0.2, -0.15) is 0 Å². The average molecular weight is 401 g/mol. The molecule has 0 amide bonds. The van der Waals surface area contributed by atoms with E-state index in [-0.39, 0.29) is 22.8 Å². The number of fused-ring (bicyclic) bond motifs is 1. The zero-order valence-corrected chi connectivity index (χ0v) is 17.5. The Hall–Kier alpha value is -1.79. The molecule has 2 aliphatic rings. The Balaban J connectivity index is 1.72. The molecule has 2 aromatic carbocycles. The highest BCUT2D eigenvalue weighted by Gasteiger charge is 2.44. The van der Waals surface area contributed by atoms with Crippen LogP contribution in [0.5, 0.6) is 0 Å². The van der Waals surface area contributed by atoms with Crippen LogP contribution < -0.4 is 4.90 Å². The van der Waals surface area contributed by atoms with Gasteiger partial charge in [0.2, 0.25) is 0 Å². The van der Waals surface area contributed by atoms with E-state index < -0.39 is 9.84 Å². The van der Waals surface area contributed by atoms with Crippen LogP contribution in [-0.4, -0.2) is 36.4 Å². The fraction of sp³-hybridized carbons (Fsp3) is 0.381. The van der Waals surface area contributed by atoms with Gasteiger partial charge in [0.25, 0.3) is 0 Å². The fourth-order valence-corrected chi connectivity index (χ4v) is 7.58. The second kappa shape index (κ2) is 6.99. The molecule has 1 fully saturated rings. The Morgan fingerprint density at radius 1 is 1.07 bits per heavy atom. The monoisotopic (exact) mass is 400 g/mol. The number of benzene rings is 2. The van der Waals surface area contributed by atoms with Crippen LogP contribution in [0.4, 0.5) is 5.69 Å². The predicted octanol–water partition coefficient (Wildman–Crippen LogP) is 3.89. The summed E-state index contributed by atoms with van der Waals surface area (Å²) in [4.78, 5) is 7.08. The zero-order valence-electron chi connectivity index (χ0n) is 15.8. The van der Waals surface area contributed by atoms with Crippen molar-refractivity contribution in [2.45, 2.75) is 38.6 Å². The van der Waals surface area contributed by atoms with Gasteiger partial charge in [-0.15, -0.1) is 0 Å². The summed E-state index contributed by atoms with van der Waals surface area (Å²) in [6.45, 7) is 7.06. The van der Waals surface area contributed by atoms with E-state index in [4.69, 9.17) is 4.99 Å². The SMILES string of the molecule is Cc1cc(C)cc(N(Cc2ccccc2C)C2=N[C@@H]3CS(=O)(=O)C[C@@H]3S2)c1. The minimum absolute atomic E-state index is 0.0512. The van der Waals surface area contributed by atoms with Crippen molar-refractivity contribution in [2.75, 3.05) is 16.4 Å². The molecule has 2 heterocycles. The van der Waals surface area contributed by atoms with E-state index in [9.17, 15) is 8.42 Å². The fourth-order valence-electron chi connectivity index (χ4n) is 3.80. The normalized spacial score (nSPS) is 23.1. The number of aliphatic imine (C=N–C) groups is 1. The van der Waals surface area contributed by atoms with Crippen molar-refractivity contribution >= 4 is 32.5 Å². The van der Waals surface area contributed by atoms with E-state index in [0.29, 0.717) is 0 Å². The molecule has 142 valence electrons. The van der Waals surface area contributed by atoms with Crippen LogP contribution in [0.3, 0.4) is 0 Å². The number of sulfone groups is 1. The van der Waals surface area contributed by atoms with E-state index in [1.807, 2.05) is 0 Å². The first kappa shape index (κ1) is 18.6. The molecule has 2 aliphatic heterocycles. The van der Waals surface area contributed by atoms with Gasteiger partial charge >= 0.3 is 0 Å². The van der Waals surface area contributed by atoms with E-state index >= 15 is 0 Å². The maximum atomic E-state index is 11.9. The first-order valence-corrected chi connectivity index (χ1v) is 11.9. The third-order valence-electron chi connectivity index (χ3n) is 5.14. The highest BCUT2D eigenvalue weighted by atomic mass is 32.2. The summed E-state index contributed by atoms with van der Waals surface area (Å²) in [7, 11) is -2.94. The van der Waals surface area contributed by atoms with Gasteiger partial charge in [0.15, 0.2) is 15.0 Å². The van der Waals surface area contributed by atoms with Crippen molar-refractivity contribution < 1.29 is 8.42 Å². The lowest BCUT2D eigenvalue weighted by Crippen LogP contribution is -2.28. The summed E-state index contributed by atoms with van der Waals surface area (Å²) in [6, 6.07) is 14.8. The van der Waals surface area contributed by atoms with Gasteiger partial charge in [-0.25, -0.2) is 8.42 Å². The Bertz CT molecular complexity index is 994. The lowest BCUT2D eigenvalue weighted by Gasteiger charge is -2.26. The average Bonchev–Trinajstić information content (AvgIpc) is 3.06. The molecule has 4 nitrogen and oxygen atoms in total. The molecule has 0 aromatic heterocycles. The van der Waals surface area contributed by atoms with Crippen molar-refractivity contribution in [1.82, 2.24) is 0 Å². The second-order valence-corrected chi connectivity index (χ2v) is 10.9. The number of hydrogen-bond donors (Lipinski definition) is 0. The third kappa shape index (κ3) is 3.92. The summed E-state index contributed by atoms with van der Waals surface area (Å²) >= 11 is 1.62. The Labute approximate surface area is 165 Å². The molecule has 6 heteroatoms. The van der Waals surface area contributed by atoms with Crippen LogP contribution in [0, 0.1) is 20.8 Å². The highest BCUT2D eigenvalue weighted by Crippen LogP contribution is 2.37. The summed E-state index contributed by atoms with van der Waals surface area (Å²) in [5.41, 5.74) is 6.05. The van der Waals surface area contributed by atoms with Crippen LogP contribution in [0.2, 0.25) is 0 Å². The zero-order chi connectivity index (χ0) is 19.2. The molecule has 2 aromatic rings. The van der Waals surface area contributed by atoms with Crippen LogP contribution >= 0.6 is 11.8 Å². The van der Waals surface area contributed by atoms with Gasteiger partial charge in [-0.3, -0.25) is 4.99 Å². The second-order valence-electron chi connectivity index (χ2n) is 7.57. The molecule has 0 N–H and O–H groups in total. The van der Waals surface area contributed by atoms with Gasteiger partial charge in [0.1, 0.15) is 0 Å². The van der Waals surface area contributed by atoms with Crippen molar-refractivity contribution in [3.8, 4) is 0 Å². The number of anilines is 1. The molecule has 1 saturated heterocycles. The Kier molecular flexibility index (Phi) is 4.80. The first-order chi connectivity index (χ1) is 12.8. The van der Waals surface area contributed by atoms with Gasteiger partial charge in [-0.1, -0.05) is 42.1 Å². The molecular formula is C21H24N2O2S2. The molecule has 0 bridgehead atoms. The number of nitrogens with zero attached hydrogens (tertiary/aromatic N) is 2. The number of amidine groups is 1. The summed E-state index contributed by atoms with van der Waals surface area (Å²) in [5, 5.41) is 0.989. The smallest absolute Gasteiger partial charge is 0.164 e. The van der Waals surface area contributed by atoms with E-state index in [1.54, 1.807) is 11.8 Å². The molecule has 27 heavy (non-hydrogen) atoms. The summed E-state index contributed by atoms with van der Waals surface area (Å²) in [6.07, 6.45) is 0. The van der Waals surface area contributed by atoms with Crippen molar-refractivity contribution in [3.05, 3.63) is 64.7 Å². The molecule has 0 spiro atoms. The summed E-state index contributed by atoms with van der Waals surface area (Å²) < 4.78 is 23.8. The molecular weight excluding hydrogens is 376 g/mol. The van der Waals surface area contributed by atoms with E-state index in [1.165, 1.54) is 22.3 Å². The highest BCUT2D eigenvalue weighted by molar-refractivity contribution is 8.15. The van der Waals surface area contributed by atoms with E-state index in [2.05, 4.69) is 68.1 Å². The molecule has 4 rings (SSSR count). The predicted molar refractivity (Wildman–Crippen MR) is 115 cm³/mol. The topological polar surface area (TPSA) is 49.7 Å². The van der Waals surface area contributed by atoms with Crippen LogP contribution in [0.25, 0.3) is 0 Å². The van der Waals surface area contributed by atoms with Gasteiger partial charge in [0.05, 0.1) is 24.1 Å². The molecule has 0 aliphatic carbocycles. The largest absolute Gasteiger partial charge is 0.317 e. The van der Waals surface area contributed by atoms with Gasteiger partial charge < -0.3 is 4.90 Å². The van der Waals surface area contributed by atoms with Gasteiger partial charge in [-0.05, 0) is 55.2 Å². The summed E-state index contributed by atoms with van der Waals surface area (Å²) in [5.74, 6) is 0.416. The molecule has 2 atom stereocenters. The number of thioether (sulfide) groups is 1. The van der Waals surface area contributed by atoms with Crippen molar-refractivity contribution in [1.29, 1.82) is 0 Å². The lowest BCUT2D eigenvalue weighted by molar-refractivity contribution is 0.601. The molecule has 0 unspecified atom stereocenters. The maximum absolute atomic E-state index is 11.9. The quantitative estimate of drug-likeness (QED) is 0.784. The number of hydrogen-bond acceptors (Lipinski definition) is 5. The first-order valence-electron chi connectivity index (χ1n) is 9.16. The molecule has 0 radical (unpaired) electrons. The maximum Gasteiger partial charge on any atom is 0.164 e. The van der Waals surface area contributed by atoms with Crippen LogP contribution in [0.15, 0.2) is 47.5 Å². The van der Waals surface area contributed by atoms with E-state index in [0.717, 1.165) is 17.4 Å². The lowest BCUT2D eigenvalue weighted by atomic mass is 10.1. The third-order valence-corrected chi connectivity index (χ3v) is 8.39. The number of aryl methyl sites for hydroxylation is 3. The van der Waals surface area contributed by atoms with Crippen LogP contribution in [-0.2, 0) is 16.4 Å². The van der Waals surface area contributed by atoms with Crippen molar-refractivity contribution in [2.24, 2.45) is 4.99 Å². The number of rotatable bonds is 3. The standard InChI is InChI=1S/C21H24N2O2S2/c1-14-8-15(2)10-18(9-14)23(11-17-7-5-4-6-16(17)3)21-22-19-12-27(24,25)13-20(19)26-21/h4-10,19-20H,11-13H2,1-3H3/t19-,20+/m1/s1. The van der Waals surface area contributed by atoms with Crippen LogP contribution in [0.1, 0.15) is 22.3 Å². The van der Waals surface area contributed by atoms with Crippen molar-refractivity contribution in [3.63, 3.8) is 0 Å². The Morgan fingerprint density at radius 3 is 2.44 bits per heavy atom. The minimum Gasteiger partial charge on any atom is -0.317 e. The molecule has 0 saturated carbocycles. The Morgan fingerprint density at radius 2 is 1.78 bits per heavy atom. The minimum atomic E-state index is -2.94.